The van der Waals surface area contributed by atoms with Crippen molar-refractivity contribution in [3.8, 4) is 0 Å². The summed E-state index contributed by atoms with van der Waals surface area (Å²) >= 11 is 12.4. The fourth-order valence-electron chi connectivity index (χ4n) is 4.00. The number of likely N-dealkylation sites (tertiary alicyclic amines) is 1. The van der Waals surface area contributed by atoms with Gasteiger partial charge in [0.15, 0.2) is 0 Å². The number of fused-ring (bicyclic) bond motifs is 1. The minimum atomic E-state index is -0.650. The first kappa shape index (κ1) is 22.6. The molecule has 0 bridgehead atoms. The zero-order valence-electron chi connectivity index (χ0n) is 18.0. The van der Waals surface area contributed by atoms with Gasteiger partial charge in [0.05, 0.1) is 27.7 Å². The number of ether oxygens (including phenoxy) is 1. The lowest BCUT2D eigenvalue weighted by Gasteiger charge is -2.34. The molecule has 1 aromatic heterocycles. The predicted molar refractivity (Wildman–Crippen MR) is 124 cm³/mol. The fraction of sp³-hybridized carbons (Fsp3) is 0.348. The molecule has 9 heteroatoms. The number of benzene rings is 2. The normalized spacial score (nSPS) is 19.3. The van der Waals surface area contributed by atoms with Crippen LogP contribution in [-0.4, -0.2) is 46.1 Å². The summed E-state index contributed by atoms with van der Waals surface area (Å²) < 4.78 is 5.55. The Morgan fingerprint density at radius 2 is 2.03 bits per heavy atom. The number of rotatable bonds is 5. The predicted octanol–water partition coefficient (Wildman–Crippen LogP) is 4.96. The molecule has 4 rings (SSSR count). The standard InChI is InChI=1S/C23H24Cl2N4O3/c1-13(20-27-18-8-6-15(24)12-19(18)28-20)26-21(30)14-5-7-16(17(25)11-14)22(31)29-10-4-9-23(29,2)32-3/h5-8,11-13H,4,9-10H2,1-3H3,(H,26,30)(H,27,28)/t13-,23+/m0/s1. The molecule has 0 spiro atoms. The van der Waals surface area contributed by atoms with Crippen molar-refractivity contribution in [3.63, 3.8) is 0 Å². The van der Waals surface area contributed by atoms with Crippen LogP contribution < -0.4 is 5.32 Å². The smallest absolute Gasteiger partial charge is 0.257 e. The van der Waals surface area contributed by atoms with Gasteiger partial charge >= 0.3 is 0 Å². The van der Waals surface area contributed by atoms with Gasteiger partial charge in [-0.1, -0.05) is 23.2 Å². The molecule has 0 unspecified atom stereocenters. The first-order chi connectivity index (χ1) is 15.2. The van der Waals surface area contributed by atoms with Crippen molar-refractivity contribution < 1.29 is 14.3 Å². The van der Waals surface area contributed by atoms with Gasteiger partial charge < -0.3 is 19.9 Å². The number of nitrogens with zero attached hydrogens (tertiary/aromatic N) is 2. The van der Waals surface area contributed by atoms with Crippen LogP contribution in [0.2, 0.25) is 10.0 Å². The molecule has 32 heavy (non-hydrogen) atoms. The van der Waals surface area contributed by atoms with Gasteiger partial charge in [0.1, 0.15) is 11.5 Å². The second-order valence-electron chi connectivity index (χ2n) is 8.11. The number of aromatic nitrogens is 2. The van der Waals surface area contributed by atoms with E-state index in [9.17, 15) is 9.59 Å². The van der Waals surface area contributed by atoms with Crippen LogP contribution in [0.4, 0.5) is 0 Å². The molecule has 1 fully saturated rings. The zero-order valence-corrected chi connectivity index (χ0v) is 19.5. The molecule has 2 amide bonds. The highest BCUT2D eigenvalue weighted by molar-refractivity contribution is 6.34. The number of H-pyrrole nitrogens is 1. The van der Waals surface area contributed by atoms with E-state index in [-0.39, 0.29) is 22.9 Å². The van der Waals surface area contributed by atoms with Crippen molar-refractivity contribution in [2.24, 2.45) is 0 Å². The number of nitrogens with one attached hydrogen (secondary N) is 2. The molecule has 7 nitrogen and oxygen atoms in total. The average molecular weight is 475 g/mol. The number of aromatic amines is 1. The fourth-order valence-corrected chi connectivity index (χ4v) is 4.43. The van der Waals surface area contributed by atoms with Gasteiger partial charge in [-0.25, -0.2) is 4.98 Å². The highest BCUT2D eigenvalue weighted by atomic mass is 35.5. The van der Waals surface area contributed by atoms with Crippen LogP contribution in [-0.2, 0) is 4.74 Å². The third-order valence-electron chi connectivity index (χ3n) is 5.96. The molecule has 2 heterocycles. The number of hydrogen-bond donors (Lipinski definition) is 2. The molecule has 0 radical (unpaired) electrons. The molecule has 1 saturated heterocycles. The SMILES string of the molecule is CO[C@]1(C)CCCN1C(=O)c1ccc(C(=O)N[C@@H](C)c2nc3ccc(Cl)cc3[nH]2)cc1Cl. The quantitative estimate of drug-likeness (QED) is 0.546. The second-order valence-corrected chi connectivity index (χ2v) is 8.96. The Hall–Kier alpha value is -2.61. The number of halogens is 2. The third kappa shape index (κ3) is 4.20. The highest BCUT2D eigenvalue weighted by Crippen LogP contribution is 2.32. The molecule has 0 aliphatic carbocycles. The Balaban J connectivity index is 1.49. The summed E-state index contributed by atoms with van der Waals surface area (Å²) in [5.41, 5.74) is 1.61. The Kier molecular flexibility index (Phi) is 6.16. The lowest BCUT2D eigenvalue weighted by atomic mass is 10.1. The monoisotopic (exact) mass is 474 g/mol. The maximum atomic E-state index is 13.0. The summed E-state index contributed by atoms with van der Waals surface area (Å²) in [5.74, 6) is 0.0827. The average Bonchev–Trinajstić information content (AvgIpc) is 3.36. The van der Waals surface area contributed by atoms with Crippen LogP contribution in [0, 0.1) is 0 Å². The number of hydrogen-bond acceptors (Lipinski definition) is 4. The van der Waals surface area contributed by atoms with Gasteiger partial charge in [0.25, 0.3) is 11.8 Å². The third-order valence-corrected chi connectivity index (χ3v) is 6.51. The van der Waals surface area contributed by atoms with E-state index in [0.717, 1.165) is 23.9 Å². The van der Waals surface area contributed by atoms with E-state index in [1.54, 1.807) is 36.3 Å². The molecule has 168 valence electrons. The van der Waals surface area contributed by atoms with Crippen LogP contribution in [0.1, 0.15) is 59.3 Å². The van der Waals surface area contributed by atoms with E-state index in [4.69, 9.17) is 27.9 Å². The van der Waals surface area contributed by atoms with E-state index in [1.165, 1.54) is 6.07 Å². The summed E-state index contributed by atoms with van der Waals surface area (Å²) in [6, 6.07) is 9.68. The van der Waals surface area contributed by atoms with E-state index in [0.29, 0.717) is 28.5 Å². The molecule has 0 saturated carbocycles. The highest BCUT2D eigenvalue weighted by Gasteiger charge is 2.40. The number of amides is 2. The summed E-state index contributed by atoms with van der Waals surface area (Å²) in [4.78, 5) is 35.2. The summed E-state index contributed by atoms with van der Waals surface area (Å²) in [7, 11) is 1.60. The van der Waals surface area contributed by atoms with Crippen LogP contribution in [0.5, 0.6) is 0 Å². The summed E-state index contributed by atoms with van der Waals surface area (Å²) in [5, 5.41) is 3.73. The lowest BCUT2D eigenvalue weighted by molar-refractivity contribution is -0.0796. The van der Waals surface area contributed by atoms with Crippen LogP contribution in [0.15, 0.2) is 36.4 Å². The van der Waals surface area contributed by atoms with E-state index in [1.807, 2.05) is 19.9 Å². The van der Waals surface area contributed by atoms with Gasteiger partial charge in [-0.2, -0.15) is 0 Å². The molecule has 3 aromatic rings. The maximum absolute atomic E-state index is 13.0. The van der Waals surface area contributed by atoms with Crippen LogP contribution in [0.3, 0.4) is 0 Å². The van der Waals surface area contributed by atoms with Crippen molar-refractivity contribution in [1.82, 2.24) is 20.2 Å². The van der Waals surface area contributed by atoms with E-state index < -0.39 is 5.72 Å². The Morgan fingerprint density at radius 1 is 1.25 bits per heavy atom. The Labute approximate surface area is 196 Å². The number of methoxy groups -OCH3 is 1. The van der Waals surface area contributed by atoms with Crippen LogP contribution in [0.25, 0.3) is 11.0 Å². The second kappa shape index (κ2) is 8.73. The van der Waals surface area contributed by atoms with E-state index >= 15 is 0 Å². The molecular weight excluding hydrogens is 451 g/mol. The molecule has 2 N–H and O–H groups in total. The van der Waals surface area contributed by atoms with Crippen molar-refractivity contribution in [2.75, 3.05) is 13.7 Å². The minimum absolute atomic E-state index is 0.210. The molecule has 2 aromatic carbocycles. The van der Waals surface area contributed by atoms with Crippen molar-refractivity contribution in [3.05, 3.63) is 63.4 Å². The molecule has 1 aliphatic heterocycles. The Bertz CT molecular complexity index is 1200. The number of carbonyl (C=O) groups is 2. The zero-order chi connectivity index (χ0) is 23.0. The topological polar surface area (TPSA) is 87.3 Å². The maximum Gasteiger partial charge on any atom is 0.257 e. The largest absolute Gasteiger partial charge is 0.359 e. The van der Waals surface area contributed by atoms with Gasteiger partial charge in [-0.3, -0.25) is 9.59 Å². The van der Waals surface area contributed by atoms with Crippen molar-refractivity contribution in [2.45, 2.75) is 38.5 Å². The first-order valence-corrected chi connectivity index (χ1v) is 11.1. The van der Waals surface area contributed by atoms with E-state index in [2.05, 4.69) is 15.3 Å². The lowest BCUT2D eigenvalue weighted by Crippen LogP contribution is -2.46. The van der Waals surface area contributed by atoms with Crippen LogP contribution >= 0.6 is 23.2 Å². The molecule has 1 aliphatic rings. The summed E-state index contributed by atoms with van der Waals surface area (Å²) in [6.07, 6.45) is 1.62. The van der Waals surface area contributed by atoms with Gasteiger partial charge in [0.2, 0.25) is 0 Å². The number of imidazole rings is 1. The van der Waals surface area contributed by atoms with Gasteiger partial charge in [-0.05, 0) is 63.1 Å². The molecule has 2 atom stereocenters. The first-order valence-electron chi connectivity index (χ1n) is 10.3. The summed E-state index contributed by atoms with van der Waals surface area (Å²) in [6.45, 7) is 4.32. The Morgan fingerprint density at radius 3 is 2.75 bits per heavy atom. The molecular formula is C23H24Cl2N4O3. The van der Waals surface area contributed by atoms with Gasteiger partial charge in [-0.15, -0.1) is 0 Å². The number of carbonyl (C=O) groups excluding carboxylic acids is 2. The van der Waals surface area contributed by atoms with Crippen molar-refractivity contribution in [1.29, 1.82) is 0 Å². The minimum Gasteiger partial charge on any atom is -0.359 e. The van der Waals surface area contributed by atoms with Gasteiger partial charge in [0, 0.05) is 24.2 Å². The van der Waals surface area contributed by atoms with Crippen molar-refractivity contribution >= 4 is 46.0 Å².